The van der Waals surface area contributed by atoms with Crippen LogP contribution in [0.4, 0.5) is 5.69 Å². The maximum absolute atomic E-state index is 13.0. The van der Waals surface area contributed by atoms with E-state index in [1.54, 1.807) is 7.11 Å². The molecule has 0 unspecified atom stereocenters. The molecule has 0 saturated carbocycles. The number of ether oxygens (including phenoxy) is 2. The van der Waals surface area contributed by atoms with Crippen molar-refractivity contribution in [2.45, 2.75) is 33.3 Å². The molecule has 28 heavy (non-hydrogen) atoms. The number of carbonyl (C=O) groups is 1. The van der Waals surface area contributed by atoms with E-state index in [2.05, 4.69) is 36.9 Å². The average Bonchev–Trinajstić information content (AvgIpc) is 2.74. The van der Waals surface area contributed by atoms with Gasteiger partial charge in [-0.3, -0.25) is 4.79 Å². The van der Waals surface area contributed by atoms with Gasteiger partial charge in [0.1, 0.15) is 0 Å². The number of rotatable bonds is 6. The molecule has 0 radical (unpaired) electrons. The van der Waals surface area contributed by atoms with Gasteiger partial charge in [-0.2, -0.15) is 0 Å². The summed E-state index contributed by atoms with van der Waals surface area (Å²) in [7, 11) is 1.61. The molecule has 0 N–H and O–H groups in total. The van der Waals surface area contributed by atoms with Crippen LogP contribution in [0.15, 0.2) is 42.5 Å². The van der Waals surface area contributed by atoms with Gasteiger partial charge in [-0.25, -0.2) is 0 Å². The fourth-order valence-electron chi connectivity index (χ4n) is 3.63. The van der Waals surface area contributed by atoms with E-state index in [0.717, 1.165) is 13.1 Å². The Labute approximate surface area is 167 Å². The van der Waals surface area contributed by atoms with Crippen molar-refractivity contribution in [3.63, 3.8) is 0 Å². The largest absolute Gasteiger partial charge is 0.493 e. The summed E-state index contributed by atoms with van der Waals surface area (Å²) in [6.07, 6.45) is 0.122. The van der Waals surface area contributed by atoms with Crippen LogP contribution in [-0.4, -0.2) is 50.2 Å². The Bertz CT molecular complexity index is 813. The van der Waals surface area contributed by atoms with Gasteiger partial charge in [-0.05, 0) is 49.6 Å². The van der Waals surface area contributed by atoms with Crippen molar-refractivity contribution in [2.75, 3.05) is 38.2 Å². The fourth-order valence-corrected chi connectivity index (χ4v) is 3.63. The molecular formula is C23H30N2O3. The van der Waals surface area contributed by atoms with E-state index in [0.29, 0.717) is 31.0 Å². The molecule has 5 nitrogen and oxygen atoms in total. The zero-order valence-electron chi connectivity index (χ0n) is 17.3. The number of carbonyl (C=O) groups excluding carboxylic acids is 1. The molecule has 1 amide bonds. The number of nitrogens with zero attached hydrogens (tertiary/aromatic N) is 2. The first-order valence-corrected chi connectivity index (χ1v) is 9.94. The van der Waals surface area contributed by atoms with Gasteiger partial charge in [0.05, 0.1) is 7.11 Å². The Morgan fingerprint density at radius 2 is 1.68 bits per heavy atom. The van der Waals surface area contributed by atoms with E-state index >= 15 is 0 Å². The van der Waals surface area contributed by atoms with Crippen LogP contribution in [0.5, 0.6) is 11.5 Å². The molecule has 1 aliphatic rings. The second-order valence-electron chi connectivity index (χ2n) is 7.20. The third kappa shape index (κ3) is 4.24. The lowest BCUT2D eigenvalue weighted by Gasteiger charge is -2.38. The molecule has 1 atom stereocenters. The van der Waals surface area contributed by atoms with E-state index in [1.165, 1.54) is 16.8 Å². The molecule has 2 aromatic rings. The van der Waals surface area contributed by atoms with Gasteiger partial charge in [0.25, 0.3) is 5.91 Å². The molecule has 150 valence electrons. The van der Waals surface area contributed by atoms with E-state index in [9.17, 15) is 4.79 Å². The van der Waals surface area contributed by atoms with Gasteiger partial charge >= 0.3 is 0 Å². The number of para-hydroxylation sites is 2. The Kier molecular flexibility index (Phi) is 6.45. The molecule has 3 rings (SSSR count). The molecular weight excluding hydrogens is 352 g/mol. The summed E-state index contributed by atoms with van der Waals surface area (Å²) in [5.41, 5.74) is 3.88. The Morgan fingerprint density at radius 1 is 1.00 bits per heavy atom. The van der Waals surface area contributed by atoms with Gasteiger partial charge in [-0.15, -0.1) is 0 Å². The molecule has 1 heterocycles. The van der Waals surface area contributed by atoms with Crippen LogP contribution < -0.4 is 14.4 Å². The third-order valence-electron chi connectivity index (χ3n) is 5.49. The number of hydrogen-bond acceptors (Lipinski definition) is 4. The van der Waals surface area contributed by atoms with E-state index in [1.807, 2.05) is 36.1 Å². The van der Waals surface area contributed by atoms with E-state index in [-0.39, 0.29) is 5.91 Å². The van der Waals surface area contributed by atoms with Gasteiger partial charge in [0.2, 0.25) is 0 Å². The van der Waals surface area contributed by atoms with E-state index < -0.39 is 6.10 Å². The normalized spacial score (nSPS) is 15.3. The SMILES string of the molecule is CC[C@H](Oc1ccccc1OC)C(=O)N1CCN(c2cccc(C)c2C)CC1. The van der Waals surface area contributed by atoms with Crippen LogP contribution in [0.1, 0.15) is 24.5 Å². The summed E-state index contributed by atoms with van der Waals surface area (Å²) < 4.78 is 11.4. The Hall–Kier alpha value is -2.69. The summed E-state index contributed by atoms with van der Waals surface area (Å²) in [6, 6.07) is 13.9. The van der Waals surface area contributed by atoms with Crippen molar-refractivity contribution in [3.8, 4) is 11.5 Å². The molecule has 0 bridgehead atoms. The van der Waals surface area contributed by atoms with Crippen LogP contribution in [0.2, 0.25) is 0 Å². The van der Waals surface area contributed by atoms with Gasteiger partial charge in [-0.1, -0.05) is 31.2 Å². The maximum atomic E-state index is 13.0. The summed E-state index contributed by atoms with van der Waals surface area (Å²) >= 11 is 0. The lowest BCUT2D eigenvalue weighted by Crippen LogP contribution is -2.52. The number of methoxy groups -OCH3 is 1. The van der Waals surface area contributed by atoms with Crippen LogP contribution in [-0.2, 0) is 4.79 Å². The van der Waals surface area contributed by atoms with Crippen LogP contribution in [0, 0.1) is 13.8 Å². The molecule has 0 spiro atoms. The number of amides is 1. The lowest BCUT2D eigenvalue weighted by atomic mass is 10.1. The van der Waals surface area contributed by atoms with Crippen LogP contribution >= 0.6 is 0 Å². The highest BCUT2D eigenvalue weighted by atomic mass is 16.5. The first kappa shape index (κ1) is 20.1. The first-order chi connectivity index (χ1) is 13.5. The first-order valence-electron chi connectivity index (χ1n) is 9.94. The summed E-state index contributed by atoms with van der Waals surface area (Å²) in [6.45, 7) is 9.36. The molecule has 2 aromatic carbocycles. The standard InChI is InChI=1S/C23H30N2O3/c1-5-20(28-22-12-7-6-11-21(22)27-4)23(26)25-15-13-24(14-16-25)19-10-8-9-17(2)18(19)3/h6-12,20H,5,13-16H2,1-4H3/t20-/m0/s1. The van der Waals surface area contributed by atoms with Crippen molar-refractivity contribution in [3.05, 3.63) is 53.6 Å². The lowest BCUT2D eigenvalue weighted by molar-refractivity contribution is -0.139. The summed E-state index contributed by atoms with van der Waals surface area (Å²) in [5, 5.41) is 0. The Balaban J connectivity index is 1.64. The monoisotopic (exact) mass is 382 g/mol. The van der Waals surface area contributed by atoms with Gasteiger partial charge in [0, 0.05) is 31.9 Å². The van der Waals surface area contributed by atoms with Crippen molar-refractivity contribution >= 4 is 11.6 Å². The number of benzene rings is 2. The molecule has 0 aromatic heterocycles. The third-order valence-corrected chi connectivity index (χ3v) is 5.49. The summed E-state index contributed by atoms with van der Waals surface area (Å²) in [4.78, 5) is 17.3. The zero-order valence-corrected chi connectivity index (χ0v) is 17.3. The number of aryl methyl sites for hydroxylation is 1. The van der Waals surface area contributed by atoms with E-state index in [4.69, 9.17) is 9.47 Å². The fraction of sp³-hybridized carbons (Fsp3) is 0.435. The van der Waals surface area contributed by atoms with Crippen LogP contribution in [0.3, 0.4) is 0 Å². The number of hydrogen-bond donors (Lipinski definition) is 0. The maximum Gasteiger partial charge on any atom is 0.263 e. The van der Waals surface area contributed by atoms with Crippen LogP contribution in [0.25, 0.3) is 0 Å². The highest BCUT2D eigenvalue weighted by Crippen LogP contribution is 2.28. The average molecular weight is 383 g/mol. The van der Waals surface area contributed by atoms with Crippen molar-refractivity contribution in [1.29, 1.82) is 0 Å². The second kappa shape index (κ2) is 9.00. The van der Waals surface area contributed by atoms with Gasteiger partial charge in [0.15, 0.2) is 17.6 Å². The number of anilines is 1. The Morgan fingerprint density at radius 3 is 2.32 bits per heavy atom. The predicted octanol–water partition coefficient (Wildman–Crippen LogP) is 3.82. The minimum absolute atomic E-state index is 0.0500. The zero-order chi connectivity index (χ0) is 20.1. The quantitative estimate of drug-likeness (QED) is 0.762. The second-order valence-corrected chi connectivity index (χ2v) is 7.20. The minimum atomic E-state index is -0.497. The van der Waals surface area contributed by atoms with Crippen molar-refractivity contribution < 1.29 is 14.3 Å². The smallest absolute Gasteiger partial charge is 0.263 e. The summed E-state index contributed by atoms with van der Waals surface area (Å²) in [5.74, 6) is 1.31. The molecule has 5 heteroatoms. The highest BCUT2D eigenvalue weighted by molar-refractivity contribution is 5.81. The number of piperazine rings is 1. The van der Waals surface area contributed by atoms with Gasteiger partial charge < -0.3 is 19.3 Å². The minimum Gasteiger partial charge on any atom is -0.493 e. The van der Waals surface area contributed by atoms with Crippen molar-refractivity contribution in [2.24, 2.45) is 0 Å². The topological polar surface area (TPSA) is 42.0 Å². The molecule has 0 aliphatic carbocycles. The molecule has 1 aliphatic heterocycles. The van der Waals surface area contributed by atoms with Crippen molar-refractivity contribution in [1.82, 2.24) is 4.90 Å². The highest BCUT2D eigenvalue weighted by Gasteiger charge is 2.29. The molecule has 1 saturated heterocycles. The molecule has 1 fully saturated rings. The predicted molar refractivity (Wildman–Crippen MR) is 112 cm³/mol.